The summed E-state index contributed by atoms with van der Waals surface area (Å²) in [4.78, 5) is 31.3. The van der Waals surface area contributed by atoms with Crippen molar-refractivity contribution in [3.8, 4) is 0 Å². The van der Waals surface area contributed by atoms with Gasteiger partial charge in [0, 0.05) is 31.7 Å². The molecule has 1 aliphatic rings. The van der Waals surface area contributed by atoms with E-state index in [4.69, 9.17) is 21.1 Å². The van der Waals surface area contributed by atoms with Gasteiger partial charge in [-0.1, -0.05) is 17.7 Å². The van der Waals surface area contributed by atoms with Crippen LogP contribution in [-0.4, -0.2) is 68.4 Å². The van der Waals surface area contributed by atoms with Crippen molar-refractivity contribution in [3.05, 3.63) is 58.6 Å². The molecule has 2 amide bonds. The number of halogens is 2. The van der Waals surface area contributed by atoms with Gasteiger partial charge in [-0.2, -0.15) is 0 Å². The molecule has 2 heterocycles. The zero-order valence-electron chi connectivity index (χ0n) is 21.0. The molecule has 1 saturated heterocycles. The summed E-state index contributed by atoms with van der Waals surface area (Å²) < 4.78 is 51.4. The van der Waals surface area contributed by atoms with Crippen LogP contribution in [0.3, 0.4) is 0 Å². The minimum atomic E-state index is -3.65. The van der Waals surface area contributed by atoms with Crippen LogP contribution >= 0.6 is 11.6 Å². The lowest BCUT2D eigenvalue weighted by atomic mass is 9.94. The molecule has 2 atom stereocenters. The number of anilines is 1. The van der Waals surface area contributed by atoms with E-state index in [1.807, 2.05) is 0 Å². The molecule has 0 spiro atoms. The van der Waals surface area contributed by atoms with Gasteiger partial charge in [0.25, 0.3) is 5.91 Å². The highest BCUT2D eigenvalue weighted by Crippen LogP contribution is 2.31. The first-order valence-electron chi connectivity index (χ1n) is 11.5. The van der Waals surface area contributed by atoms with Crippen molar-refractivity contribution in [2.24, 2.45) is 5.92 Å². The van der Waals surface area contributed by atoms with Crippen molar-refractivity contribution < 1.29 is 31.9 Å². The number of hydrogen-bond donors (Lipinski definition) is 2. The number of carbonyl (C=O) groups excluding carboxylic acids is 2. The Kier molecular flexibility index (Phi) is 8.98. The molecule has 0 saturated carbocycles. The molecule has 2 aromatic rings. The maximum Gasteiger partial charge on any atom is 0.410 e. The predicted octanol–water partition coefficient (Wildman–Crippen LogP) is 3.60. The third kappa shape index (κ3) is 8.27. The number of nitrogens with one attached hydrogen (secondary N) is 2. The van der Waals surface area contributed by atoms with Gasteiger partial charge in [-0.15, -0.1) is 0 Å². The number of ether oxygens (including phenoxy) is 2. The Labute approximate surface area is 220 Å². The van der Waals surface area contributed by atoms with Crippen LogP contribution in [0.15, 0.2) is 36.5 Å². The van der Waals surface area contributed by atoms with E-state index in [2.05, 4.69) is 15.0 Å². The molecule has 202 valence electrons. The fourth-order valence-electron chi connectivity index (χ4n) is 3.79. The van der Waals surface area contributed by atoms with Crippen LogP contribution in [0.5, 0.6) is 0 Å². The standard InChI is InChI=1S/C24H30ClFN4O6S/c1-24(2,3)36-23(32)30-10-11-35-21(15-7-8-17(25)18(26)12-15)16(14-30)13-28-22(31)20-19(6-5-9-27-20)29-37(4,33)34/h5-9,12,16,21,29H,10-11,13-14H2,1-4H3,(H,28,31)/t16-,21+/m1/s1. The lowest BCUT2D eigenvalue weighted by Gasteiger charge is -2.30. The molecule has 37 heavy (non-hydrogen) atoms. The number of carbonyl (C=O) groups is 2. The molecule has 10 nitrogen and oxygen atoms in total. The van der Waals surface area contributed by atoms with E-state index in [0.29, 0.717) is 5.56 Å². The molecule has 2 N–H and O–H groups in total. The molecule has 1 fully saturated rings. The van der Waals surface area contributed by atoms with E-state index in [1.54, 1.807) is 26.8 Å². The van der Waals surface area contributed by atoms with Crippen LogP contribution < -0.4 is 10.0 Å². The van der Waals surface area contributed by atoms with E-state index in [9.17, 15) is 22.4 Å². The van der Waals surface area contributed by atoms with Gasteiger partial charge in [0.2, 0.25) is 10.0 Å². The molecule has 0 unspecified atom stereocenters. The second kappa shape index (κ2) is 11.6. The van der Waals surface area contributed by atoms with Gasteiger partial charge in [0.1, 0.15) is 11.4 Å². The zero-order valence-corrected chi connectivity index (χ0v) is 22.5. The van der Waals surface area contributed by atoms with E-state index in [-0.39, 0.29) is 42.6 Å². The molecule has 0 bridgehead atoms. The van der Waals surface area contributed by atoms with E-state index in [0.717, 1.165) is 6.26 Å². The summed E-state index contributed by atoms with van der Waals surface area (Å²) in [5.41, 5.74) is -0.328. The topological polar surface area (TPSA) is 127 Å². The summed E-state index contributed by atoms with van der Waals surface area (Å²) in [6.45, 7) is 5.79. The summed E-state index contributed by atoms with van der Waals surface area (Å²) in [5.74, 6) is -1.78. The van der Waals surface area contributed by atoms with Gasteiger partial charge in [-0.25, -0.2) is 22.6 Å². The fraction of sp³-hybridized carbons (Fsp3) is 0.458. The Morgan fingerprint density at radius 3 is 2.68 bits per heavy atom. The van der Waals surface area contributed by atoms with Crippen molar-refractivity contribution >= 4 is 39.3 Å². The molecule has 0 aliphatic carbocycles. The maximum absolute atomic E-state index is 14.3. The van der Waals surface area contributed by atoms with Crippen molar-refractivity contribution in [1.29, 1.82) is 0 Å². The molecule has 1 aliphatic heterocycles. The first kappa shape index (κ1) is 28.6. The minimum Gasteiger partial charge on any atom is -0.444 e. The third-order valence-corrected chi connectivity index (χ3v) is 6.21. The first-order valence-corrected chi connectivity index (χ1v) is 13.8. The number of sulfonamides is 1. The smallest absolute Gasteiger partial charge is 0.410 e. The quantitative estimate of drug-likeness (QED) is 0.556. The summed E-state index contributed by atoms with van der Waals surface area (Å²) >= 11 is 5.85. The largest absolute Gasteiger partial charge is 0.444 e. The van der Waals surface area contributed by atoms with Crippen LogP contribution in [-0.2, 0) is 19.5 Å². The molecule has 1 aromatic heterocycles. The van der Waals surface area contributed by atoms with Crippen molar-refractivity contribution in [3.63, 3.8) is 0 Å². The van der Waals surface area contributed by atoms with Crippen molar-refractivity contribution in [2.75, 3.05) is 37.2 Å². The normalized spacial score (nSPS) is 18.6. The predicted molar refractivity (Wildman–Crippen MR) is 136 cm³/mol. The Morgan fingerprint density at radius 2 is 2.03 bits per heavy atom. The van der Waals surface area contributed by atoms with Gasteiger partial charge in [0.05, 0.1) is 29.7 Å². The number of rotatable bonds is 6. The number of benzene rings is 1. The third-order valence-electron chi connectivity index (χ3n) is 5.31. The zero-order chi connectivity index (χ0) is 27.4. The van der Waals surface area contributed by atoms with Crippen LogP contribution in [0.1, 0.15) is 42.9 Å². The van der Waals surface area contributed by atoms with Gasteiger partial charge in [-0.05, 0) is 50.6 Å². The Bertz CT molecular complexity index is 1250. The second-order valence-electron chi connectivity index (χ2n) is 9.64. The highest BCUT2D eigenvalue weighted by molar-refractivity contribution is 7.92. The number of hydrogen-bond acceptors (Lipinski definition) is 7. The van der Waals surface area contributed by atoms with E-state index < -0.39 is 45.5 Å². The molecular weight excluding hydrogens is 527 g/mol. The lowest BCUT2D eigenvalue weighted by molar-refractivity contribution is 0.0231. The minimum absolute atomic E-state index is 0.00192. The molecule has 3 rings (SSSR count). The Morgan fingerprint density at radius 1 is 1.30 bits per heavy atom. The summed E-state index contributed by atoms with van der Waals surface area (Å²) in [6, 6.07) is 7.21. The SMILES string of the molecule is CC(C)(C)OC(=O)N1CCO[C@@H](c2ccc(Cl)c(F)c2)[C@H](CNC(=O)c2ncccc2NS(C)(=O)=O)C1. The first-order chi connectivity index (χ1) is 17.2. The Hall–Kier alpha value is -2.96. The van der Waals surface area contributed by atoms with Crippen LogP contribution in [0, 0.1) is 11.7 Å². The molecular formula is C24H30ClFN4O6S. The Balaban J connectivity index is 1.86. The number of amides is 2. The monoisotopic (exact) mass is 556 g/mol. The average Bonchev–Trinajstić information content (AvgIpc) is 3.00. The molecule has 13 heteroatoms. The van der Waals surface area contributed by atoms with Crippen molar-refractivity contribution in [2.45, 2.75) is 32.5 Å². The lowest BCUT2D eigenvalue weighted by Crippen LogP contribution is -2.43. The van der Waals surface area contributed by atoms with Crippen LogP contribution in [0.25, 0.3) is 0 Å². The summed E-state index contributed by atoms with van der Waals surface area (Å²) in [7, 11) is -3.65. The van der Waals surface area contributed by atoms with Crippen LogP contribution in [0.4, 0.5) is 14.9 Å². The summed E-state index contributed by atoms with van der Waals surface area (Å²) in [6.07, 6.45) is 1.10. The fourth-order valence-corrected chi connectivity index (χ4v) is 4.48. The van der Waals surface area contributed by atoms with E-state index in [1.165, 1.54) is 35.4 Å². The number of nitrogens with zero attached hydrogens (tertiary/aromatic N) is 2. The summed E-state index contributed by atoms with van der Waals surface area (Å²) in [5, 5.41) is 2.70. The van der Waals surface area contributed by atoms with Gasteiger partial charge in [-0.3, -0.25) is 9.52 Å². The van der Waals surface area contributed by atoms with Gasteiger partial charge < -0.3 is 19.7 Å². The highest BCUT2D eigenvalue weighted by atomic mass is 35.5. The van der Waals surface area contributed by atoms with Crippen molar-refractivity contribution in [1.82, 2.24) is 15.2 Å². The second-order valence-corrected chi connectivity index (χ2v) is 11.8. The molecule has 0 radical (unpaired) electrons. The number of aromatic nitrogens is 1. The highest BCUT2D eigenvalue weighted by Gasteiger charge is 2.34. The maximum atomic E-state index is 14.3. The number of pyridine rings is 1. The van der Waals surface area contributed by atoms with Gasteiger partial charge in [0.15, 0.2) is 5.69 Å². The van der Waals surface area contributed by atoms with E-state index >= 15 is 0 Å². The van der Waals surface area contributed by atoms with Gasteiger partial charge >= 0.3 is 6.09 Å². The van der Waals surface area contributed by atoms with Crippen LogP contribution in [0.2, 0.25) is 5.02 Å². The molecule has 1 aromatic carbocycles. The average molecular weight is 557 g/mol.